The van der Waals surface area contributed by atoms with Crippen molar-refractivity contribution in [3.8, 4) is 0 Å². The van der Waals surface area contributed by atoms with Crippen LogP contribution in [0.1, 0.15) is 25.0 Å². The van der Waals surface area contributed by atoms with E-state index in [0.717, 1.165) is 17.6 Å². The lowest BCUT2D eigenvalue weighted by Gasteiger charge is -2.25. The quantitative estimate of drug-likeness (QED) is 0.937. The molecule has 0 bridgehead atoms. The van der Waals surface area contributed by atoms with Crippen LogP contribution in [0, 0.1) is 0 Å². The predicted octanol–water partition coefficient (Wildman–Crippen LogP) is 2.76. The number of nitrogens with zero attached hydrogens (tertiary/aromatic N) is 2. The summed E-state index contributed by atoms with van der Waals surface area (Å²) >= 11 is 1.92. The van der Waals surface area contributed by atoms with Crippen LogP contribution < -0.4 is 0 Å². The third-order valence-electron chi connectivity index (χ3n) is 3.88. The van der Waals surface area contributed by atoms with Crippen molar-refractivity contribution < 1.29 is 5.11 Å². The smallest absolute Gasteiger partial charge is 0.0729 e. The van der Waals surface area contributed by atoms with E-state index in [9.17, 15) is 5.11 Å². The van der Waals surface area contributed by atoms with Crippen LogP contribution in [0.3, 0.4) is 0 Å². The van der Waals surface area contributed by atoms with Crippen LogP contribution in [0.2, 0.25) is 0 Å². The number of hydrogen-bond donors (Lipinski definition) is 1. The van der Waals surface area contributed by atoms with Crippen molar-refractivity contribution in [2.24, 2.45) is 7.05 Å². The zero-order valence-corrected chi connectivity index (χ0v) is 12.1. The van der Waals surface area contributed by atoms with E-state index in [2.05, 4.69) is 17.2 Å². The topological polar surface area (TPSA) is 38.0 Å². The molecule has 1 saturated heterocycles. The second kappa shape index (κ2) is 5.55. The van der Waals surface area contributed by atoms with Gasteiger partial charge >= 0.3 is 0 Å². The van der Waals surface area contributed by atoms with E-state index in [4.69, 9.17) is 0 Å². The molecule has 2 heterocycles. The normalized spacial score (nSPS) is 21.7. The Hall–Kier alpha value is -1.00. The largest absolute Gasteiger partial charge is 0.392 e. The molecule has 2 atom stereocenters. The second-order valence-electron chi connectivity index (χ2n) is 5.26. The van der Waals surface area contributed by atoms with Gasteiger partial charge in [-0.15, -0.1) is 0 Å². The maximum Gasteiger partial charge on any atom is 0.0729 e. The lowest BCUT2D eigenvalue weighted by molar-refractivity contribution is 0.165. The van der Waals surface area contributed by atoms with Gasteiger partial charge in [0.2, 0.25) is 0 Å². The number of thioether (sulfide) groups is 1. The molecule has 1 N–H and O–H groups in total. The Balaban J connectivity index is 1.81. The Morgan fingerprint density at radius 3 is 3.05 bits per heavy atom. The minimum atomic E-state index is -0.274. The highest BCUT2D eigenvalue weighted by Crippen LogP contribution is 2.29. The van der Waals surface area contributed by atoms with Gasteiger partial charge in [0.25, 0.3) is 0 Å². The summed E-state index contributed by atoms with van der Waals surface area (Å²) in [6.07, 6.45) is 4.07. The number of rotatable bonds is 3. The number of aromatic nitrogens is 2. The van der Waals surface area contributed by atoms with Gasteiger partial charge in [0.1, 0.15) is 0 Å². The third-order valence-corrected chi connectivity index (χ3v) is 5.38. The van der Waals surface area contributed by atoms with Gasteiger partial charge in [-0.2, -0.15) is 16.9 Å². The van der Waals surface area contributed by atoms with E-state index in [-0.39, 0.29) is 6.10 Å². The highest BCUT2D eigenvalue weighted by atomic mass is 32.2. The minimum Gasteiger partial charge on any atom is -0.392 e. The lowest BCUT2D eigenvalue weighted by Crippen LogP contribution is -2.28. The Morgan fingerprint density at radius 1 is 1.42 bits per heavy atom. The van der Waals surface area contributed by atoms with E-state index >= 15 is 0 Å². The first-order chi connectivity index (χ1) is 9.25. The van der Waals surface area contributed by atoms with Gasteiger partial charge in [0.15, 0.2) is 0 Å². The molecule has 1 aromatic heterocycles. The summed E-state index contributed by atoms with van der Waals surface area (Å²) < 4.78 is 1.91. The SMILES string of the molecule is Cn1nc(CC(O)C2CCCCS2)c2ccccc21. The minimum absolute atomic E-state index is 0.274. The van der Waals surface area contributed by atoms with Crippen LogP contribution in [0.4, 0.5) is 0 Å². The van der Waals surface area contributed by atoms with Crippen LogP contribution >= 0.6 is 11.8 Å². The number of aliphatic hydroxyl groups excluding tert-OH is 1. The fraction of sp³-hybridized carbons (Fsp3) is 0.533. The number of benzene rings is 1. The predicted molar refractivity (Wildman–Crippen MR) is 80.5 cm³/mol. The van der Waals surface area contributed by atoms with Crippen LogP contribution in [0.25, 0.3) is 10.9 Å². The maximum atomic E-state index is 10.4. The average Bonchev–Trinajstić information content (AvgIpc) is 2.77. The molecule has 0 spiro atoms. The van der Waals surface area contributed by atoms with E-state index in [1.807, 2.05) is 35.6 Å². The molecule has 0 amide bonds. The first kappa shape index (κ1) is 13.0. The van der Waals surface area contributed by atoms with Crippen LogP contribution in [-0.2, 0) is 13.5 Å². The Bertz CT molecular complexity index is 560. The monoisotopic (exact) mass is 276 g/mol. The first-order valence-corrected chi connectivity index (χ1v) is 8.01. The molecule has 0 aliphatic carbocycles. The molecule has 1 aliphatic rings. The summed E-state index contributed by atoms with van der Waals surface area (Å²) in [5.74, 6) is 1.19. The molecule has 0 saturated carbocycles. The second-order valence-corrected chi connectivity index (χ2v) is 6.61. The molecule has 4 heteroatoms. The Morgan fingerprint density at radius 2 is 2.26 bits per heavy atom. The third kappa shape index (κ3) is 2.65. The van der Waals surface area contributed by atoms with Gasteiger partial charge in [-0.05, 0) is 24.7 Å². The molecule has 3 rings (SSSR count). The van der Waals surface area contributed by atoms with Crippen molar-refractivity contribution in [2.45, 2.75) is 37.0 Å². The fourth-order valence-electron chi connectivity index (χ4n) is 2.84. The number of hydrogen-bond acceptors (Lipinski definition) is 3. The fourth-order valence-corrected chi connectivity index (χ4v) is 4.16. The molecule has 102 valence electrons. The van der Waals surface area contributed by atoms with E-state index in [0.29, 0.717) is 11.7 Å². The molecule has 1 aromatic carbocycles. The summed E-state index contributed by atoms with van der Waals surface area (Å²) in [4.78, 5) is 0. The standard InChI is InChI=1S/C15H20N2OS/c1-17-13-7-3-2-6-11(13)12(16-17)10-14(18)15-8-4-5-9-19-15/h2-3,6-7,14-15,18H,4-5,8-10H2,1H3. The zero-order valence-electron chi connectivity index (χ0n) is 11.2. The van der Waals surface area contributed by atoms with Crippen molar-refractivity contribution in [2.75, 3.05) is 5.75 Å². The van der Waals surface area contributed by atoms with E-state index in [1.54, 1.807) is 0 Å². The molecular weight excluding hydrogens is 256 g/mol. The average molecular weight is 276 g/mol. The van der Waals surface area contributed by atoms with Crippen molar-refractivity contribution >= 4 is 22.7 Å². The van der Waals surface area contributed by atoms with Crippen LogP contribution in [0.5, 0.6) is 0 Å². The molecule has 2 unspecified atom stereocenters. The first-order valence-electron chi connectivity index (χ1n) is 6.96. The van der Waals surface area contributed by atoms with Gasteiger partial charge in [-0.25, -0.2) is 0 Å². The van der Waals surface area contributed by atoms with E-state index in [1.165, 1.54) is 24.0 Å². The zero-order chi connectivity index (χ0) is 13.2. The molecule has 3 nitrogen and oxygen atoms in total. The highest BCUT2D eigenvalue weighted by molar-refractivity contribution is 8.00. The van der Waals surface area contributed by atoms with Gasteiger partial charge in [-0.3, -0.25) is 4.68 Å². The number of para-hydroxylation sites is 1. The molecule has 2 aromatic rings. The number of aryl methyl sites for hydroxylation is 1. The Kier molecular flexibility index (Phi) is 3.80. The molecule has 1 fully saturated rings. The Labute approximate surface area is 118 Å². The maximum absolute atomic E-state index is 10.4. The van der Waals surface area contributed by atoms with Crippen molar-refractivity contribution in [1.82, 2.24) is 9.78 Å². The van der Waals surface area contributed by atoms with Gasteiger partial charge in [-0.1, -0.05) is 24.6 Å². The van der Waals surface area contributed by atoms with Crippen molar-refractivity contribution in [3.05, 3.63) is 30.0 Å². The molecule has 19 heavy (non-hydrogen) atoms. The lowest BCUT2D eigenvalue weighted by atomic mass is 10.0. The summed E-state index contributed by atoms with van der Waals surface area (Å²) in [5.41, 5.74) is 2.16. The summed E-state index contributed by atoms with van der Waals surface area (Å²) in [6.45, 7) is 0. The van der Waals surface area contributed by atoms with E-state index < -0.39 is 0 Å². The van der Waals surface area contributed by atoms with Crippen molar-refractivity contribution in [3.63, 3.8) is 0 Å². The highest BCUT2D eigenvalue weighted by Gasteiger charge is 2.24. The summed E-state index contributed by atoms with van der Waals surface area (Å²) in [6, 6.07) is 8.24. The molecule has 1 aliphatic heterocycles. The van der Waals surface area contributed by atoms with Gasteiger partial charge < -0.3 is 5.11 Å². The summed E-state index contributed by atoms with van der Waals surface area (Å²) in [7, 11) is 1.97. The molecule has 0 radical (unpaired) electrons. The number of aliphatic hydroxyl groups is 1. The van der Waals surface area contributed by atoms with Crippen molar-refractivity contribution in [1.29, 1.82) is 0 Å². The van der Waals surface area contributed by atoms with Crippen LogP contribution in [0.15, 0.2) is 24.3 Å². The molecular formula is C15H20N2OS. The van der Waals surface area contributed by atoms with Crippen LogP contribution in [-0.4, -0.2) is 32.0 Å². The summed E-state index contributed by atoms with van der Waals surface area (Å²) in [5, 5.41) is 16.6. The number of fused-ring (bicyclic) bond motifs is 1. The van der Waals surface area contributed by atoms with Gasteiger partial charge in [0.05, 0.1) is 17.3 Å². The van der Waals surface area contributed by atoms with Gasteiger partial charge in [0, 0.05) is 24.1 Å².